The third-order valence-electron chi connectivity index (χ3n) is 6.29. The number of hydrogen-bond acceptors (Lipinski definition) is 4. The first-order valence-corrected chi connectivity index (χ1v) is 12.8. The number of rotatable bonds is 7. The van der Waals surface area contributed by atoms with E-state index >= 15 is 0 Å². The van der Waals surface area contributed by atoms with E-state index in [4.69, 9.17) is 0 Å². The molecule has 0 bridgehead atoms. The molecule has 10 heteroatoms. The summed E-state index contributed by atoms with van der Waals surface area (Å²) in [6, 6.07) is 3.37. The molecule has 1 aromatic carbocycles. The second-order valence-corrected chi connectivity index (χ2v) is 11.4. The molecule has 1 amide bonds. The predicted octanol–water partition coefficient (Wildman–Crippen LogP) is 4.24. The van der Waals surface area contributed by atoms with Gasteiger partial charge in [0.2, 0.25) is 10.0 Å². The lowest BCUT2D eigenvalue weighted by molar-refractivity contribution is -0.137. The van der Waals surface area contributed by atoms with Crippen LogP contribution >= 0.6 is 0 Å². The van der Waals surface area contributed by atoms with Gasteiger partial charge in [0.15, 0.2) is 0 Å². The van der Waals surface area contributed by atoms with Crippen molar-refractivity contribution in [1.29, 1.82) is 0 Å². The molecule has 1 heterocycles. The van der Waals surface area contributed by atoms with Crippen molar-refractivity contribution in [3.05, 3.63) is 29.3 Å². The van der Waals surface area contributed by atoms with Gasteiger partial charge in [-0.15, -0.1) is 0 Å². The van der Waals surface area contributed by atoms with Gasteiger partial charge in [-0.2, -0.15) is 13.2 Å². The van der Waals surface area contributed by atoms with E-state index in [-0.39, 0.29) is 29.1 Å². The molecule has 0 unspecified atom stereocenters. The number of halogens is 3. The van der Waals surface area contributed by atoms with E-state index in [0.29, 0.717) is 32.5 Å². The normalized spacial score (nSPS) is 22.4. The van der Waals surface area contributed by atoms with Crippen LogP contribution in [0.1, 0.15) is 68.3 Å². The second kappa shape index (κ2) is 9.99. The highest BCUT2D eigenvalue weighted by atomic mass is 32.2. The number of nitrogens with one attached hydrogen (secondary N) is 2. The Hall–Kier alpha value is -1.81. The van der Waals surface area contributed by atoms with Crippen molar-refractivity contribution >= 4 is 21.6 Å². The van der Waals surface area contributed by atoms with Gasteiger partial charge in [0, 0.05) is 36.9 Å². The molecule has 0 radical (unpaired) electrons. The summed E-state index contributed by atoms with van der Waals surface area (Å²) in [7, 11) is -3.32. The minimum atomic E-state index is -4.54. The minimum Gasteiger partial charge on any atom is -0.385 e. The van der Waals surface area contributed by atoms with Gasteiger partial charge in [-0.25, -0.2) is 13.1 Å². The lowest BCUT2D eigenvalue weighted by atomic mass is 9.86. The lowest BCUT2D eigenvalue weighted by Crippen LogP contribution is -2.41. The first-order valence-electron chi connectivity index (χ1n) is 11.2. The number of carbonyl (C=O) groups is 1. The van der Waals surface area contributed by atoms with Gasteiger partial charge in [-0.1, -0.05) is 0 Å². The van der Waals surface area contributed by atoms with Crippen molar-refractivity contribution < 1.29 is 26.4 Å². The van der Waals surface area contributed by atoms with Gasteiger partial charge < -0.3 is 10.2 Å². The summed E-state index contributed by atoms with van der Waals surface area (Å²) in [6.07, 6.45) is 0.133. The van der Waals surface area contributed by atoms with Gasteiger partial charge in [0.05, 0.1) is 10.8 Å². The molecular weight excluding hydrogens is 443 g/mol. The number of amides is 1. The molecule has 0 spiro atoms. The zero-order chi connectivity index (χ0) is 23.5. The standard InChI is InChI=1S/C22H32F3N3O3S/c1-15(2)32(30,31)27-19-7-5-16(6-8-19)14-26-20-12-17(11-18(13-20)22(23,24)25)21(29)28-9-3-4-10-28/h11-13,15-16,19,26-27H,3-10,14H2,1-2H3. The maximum Gasteiger partial charge on any atom is 0.416 e. The molecule has 3 rings (SSSR count). The summed E-state index contributed by atoms with van der Waals surface area (Å²) in [5.41, 5.74) is -0.502. The van der Waals surface area contributed by atoms with Gasteiger partial charge in [0.25, 0.3) is 5.91 Å². The number of sulfonamides is 1. The molecule has 1 aromatic rings. The molecule has 6 nitrogen and oxygen atoms in total. The van der Waals surface area contributed by atoms with E-state index in [1.54, 1.807) is 18.7 Å². The van der Waals surface area contributed by atoms with Crippen LogP contribution in [0.4, 0.5) is 18.9 Å². The molecule has 1 saturated heterocycles. The van der Waals surface area contributed by atoms with Crippen LogP contribution in [0.25, 0.3) is 0 Å². The third kappa shape index (κ3) is 6.37. The Morgan fingerprint density at radius 2 is 1.72 bits per heavy atom. The second-order valence-electron chi connectivity index (χ2n) is 9.11. The SMILES string of the molecule is CC(C)S(=O)(=O)NC1CCC(CNc2cc(C(=O)N3CCCC3)cc(C(F)(F)F)c2)CC1. The topological polar surface area (TPSA) is 78.5 Å². The third-order valence-corrected chi connectivity index (χ3v) is 8.20. The smallest absolute Gasteiger partial charge is 0.385 e. The number of nitrogens with zero attached hydrogens (tertiary/aromatic N) is 1. The van der Waals surface area contributed by atoms with E-state index in [1.807, 2.05) is 0 Å². The first-order chi connectivity index (χ1) is 15.0. The van der Waals surface area contributed by atoms with E-state index in [9.17, 15) is 26.4 Å². The highest BCUT2D eigenvalue weighted by Crippen LogP contribution is 2.33. The molecule has 180 valence electrons. The van der Waals surface area contributed by atoms with E-state index < -0.39 is 27.0 Å². The fourth-order valence-electron chi connectivity index (χ4n) is 4.23. The zero-order valence-electron chi connectivity index (χ0n) is 18.5. The molecule has 2 fully saturated rings. The minimum absolute atomic E-state index is 0.0519. The first kappa shape index (κ1) is 24.8. The quantitative estimate of drug-likeness (QED) is 0.618. The number of alkyl halides is 3. The van der Waals surface area contributed by atoms with Crippen LogP contribution in [0.5, 0.6) is 0 Å². The number of benzene rings is 1. The van der Waals surface area contributed by atoms with Crippen molar-refractivity contribution in [3.63, 3.8) is 0 Å². The predicted molar refractivity (Wildman–Crippen MR) is 118 cm³/mol. The molecular formula is C22H32F3N3O3S. The van der Waals surface area contributed by atoms with Crippen LogP contribution in [-0.4, -0.2) is 50.2 Å². The van der Waals surface area contributed by atoms with Crippen LogP contribution in [0.15, 0.2) is 18.2 Å². The van der Waals surface area contributed by atoms with Crippen molar-refractivity contribution in [2.24, 2.45) is 5.92 Å². The highest BCUT2D eigenvalue weighted by molar-refractivity contribution is 7.90. The van der Waals surface area contributed by atoms with Crippen molar-refractivity contribution in [2.45, 2.75) is 69.8 Å². The van der Waals surface area contributed by atoms with Crippen LogP contribution < -0.4 is 10.0 Å². The Balaban J connectivity index is 1.62. The molecule has 2 aliphatic rings. The van der Waals surface area contributed by atoms with Crippen LogP contribution in [0.3, 0.4) is 0 Å². The van der Waals surface area contributed by atoms with Gasteiger partial charge in [-0.05, 0) is 76.5 Å². The van der Waals surface area contributed by atoms with Gasteiger partial charge >= 0.3 is 6.18 Å². The molecule has 0 atom stereocenters. The highest BCUT2D eigenvalue weighted by Gasteiger charge is 2.33. The Morgan fingerprint density at radius 3 is 2.28 bits per heavy atom. The number of carbonyl (C=O) groups excluding carboxylic acids is 1. The van der Waals surface area contributed by atoms with E-state index in [2.05, 4.69) is 10.0 Å². The largest absolute Gasteiger partial charge is 0.416 e. The van der Waals surface area contributed by atoms with E-state index in [0.717, 1.165) is 37.8 Å². The van der Waals surface area contributed by atoms with Crippen molar-refractivity contribution in [3.8, 4) is 0 Å². The van der Waals surface area contributed by atoms with Crippen molar-refractivity contribution in [2.75, 3.05) is 25.0 Å². The summed E-state index contributed by atoms with van der Waals surface area (Å²) in [4.78, 5) is 14.3. The number of anilines is 1. The average Bonchev–Trinajstić information content (AvgIpc) is 3.26. The number of likely N-dealkylation sites (tertiary alicyclic amines) is 1. The fraction of sp³-hybridized carbons (Fsp3) is 0.682. The molecule has 1 saturated carbocycles. The monoisotopic (exact) mass is 475 g/mol. The Bertz CT molecular complexity index is 905. The molecule has 0 aromatic heterocycles. The Morgan fingerprint density at radius 1 is 1.09 bits per heavy atom. The summed E-state index contributed by atoms with van der Waals surface area (Å²) < 4.78 is 67.1. The van der Waals surface area contributed by atoms with Crippen LogP contribution in [-0.2, 0) is 16.2 Å². The fourth-order valence-corrected chi connectivity index (χ4v) is 5.21. The van der Waals surface area contributed by atoms with Gasteiger partial charge in [0.1, 0.15) is 0 Å². The maximum atomic E-state index is 13.4. The Kier molecular flexibility index (Phi) is 7.75. The van der Waals surface area contributed by atoms with Crippen molar-refractivity contribution in [1.82, 2.24) is 9.62 Å². The molecule has 1 aliphatic heterocycles. The zero-order valence-corrected chi connectivity index (χ0v) is 19.4. The molecule has 32 heavy (non-hydrogen) atoms. The lowest BCUT2D eigenvalue weighted by Gasteiger charge is -2.30. The Labute approximate surface area is 188 Å². The summed E-state index contributed by atoms with van der Waals surface area (Å²) in [5.74, 6) is -0.142. The van der Waals surface area contributed by atoms with E-state index in [1.165, 1.54) is 6.07 Å². The number of hydrogen-bond donors (Lipinski definition) is 2. The summed E-state index contributed by atoms with van der Waals surface area (Å²) in [6.45, 7) is 4.89. The average molecular weight is 476 g/mol. The maximum absolute atomic E-state index is 13.4. The summed E-state index contributed by atoms with van der Waals surface area (Å²) >= 11 is 0. The van der Waals surface area contributed by atoms with Crippen LogP contribution in [0, 0.1) is 5.92 Å². The molecule has 2 N–H and O–H groups in total. The summed E-state index contributed by atoms with van der Waals surface area (Å²) in [5, 5.41) is 2.60. The van der Waals surface area contributed by atoms with Gasteiger partial charge in [-0.3, -0.25) is 4.79 Å². The molecule has 1 aliphatic carbocycles. The van der Waals surface area contributed by atoms with Crippen LogP contribution in [0.2, 0.25) is 0 Å².